The lowest BCUT2D eigenvalue weighted by Gasteiger charge is -2.36. The summed E-state index contributed by atoms with van der Waals surface area (Å²) in [6.45, 7) is 6.47. The van der Waals surface area contributed by atoms with Gasteiger partial charge < -0.3 is 10.6 Å². The van der Waals surface area contributed by atoms with Gasteiger partial charge >= 0.3 is 0 Å². The first kappa shape index (κ1) is 15.4. The number of nitrogens with zero attached hydrogens (tertiary/aromatic N) is 2. The van der Waals surface area contributed by atoms with Gasteiger partial charge in [0, 0.05) is 35.0 Å². The van der Waals surface area contributed by atoms with Gasteiger partial charge in [-0.1, -0.05) is 6.92 Å². The Kier molecular flexibility index (Phi) is 5.84. The highest BCUT2D eigenvalue weighted by atomic mass is 79.9. The van der Waals surface area contributed by atoms with Gasteiger partial charge in [-0.2, -0.15) is 0 Å². The maximum absolute atomic E-state index is 6.10. The fourth-order valence-corrected chi connectivity index (χ4v) is 4.74. The first-order valence-corrected chi connectivity index (χ1v) is 8.71. The number of hydrogen-bond acceptors (Lipinski definition) is 4. The van der Waals surface area contributed by atoms with Gasteiger partial charge in [-0.05, 0) is 53.8 Å². The van der Waals surface area contributed by atoms with Crippen LogP contribution in [0.15, 0.2) is 15.9 Å². The molecule has 1 fully saturated rings. The van der Waals surface area contributed by atoms with E-state index < -0.39 is 0 Å². The van der Waals surface area contributed by atoms with Crippen LogP contribution in [0.1, 0.15) is 30.7 Å². The molecule has 0 amide bonds. The normalized spacial score (nSPS) is 24.3. The Balaban J connectivity index is 2.22. The molecule has 1 saturated heterocycles. The van der Waals surface area contributed by atoms with E-state index in [1.54, 1.807) is 0 Å². The van der Waals surface area contributed by atoms with Gasteiger partial charge in [-0.25, -0.2) is 0 Å². The van der Waals surface area contributed by atoms with E-state index >= 15 is 0 Å². The van der Waals surface area contributed by atoms with Crippen LogP contribution in [0.4, 0.5) is 0 Å². The van der Waals surface area contributed by atoms with Crippen molar-refractivity contribution in [3.05, 3.63) is 20.8 Å². The molecule has 3 nitrogen and oxygen atoms in total. The number of hydrogen-bond donors (Lipinski definition) is 1. The molecule has 2 N–H and O–H groups in total. The van der Waals surface area contributed by atoms with Crippen molar-refractivity contribution in [1.29, 1.82) is 0 Å². The smallest absolute Gasteiger partial charge is 0.0578 e. The Morgan fingerprint density at radius 3 is 2.89 bits per heavy atom. The molecule has 5 heteroatoms. The summed E-state index contributed by atoms with van der Waals surface area (Å²) < 4.78 is 1.21. The van der Waals surface area contributed by atoms with Gasteiger partial charge in [0.25, 0.3) is 0 Å². The molecule has 0 spiro atoms. The minimum absolute atomic E-state index is 0.353. The molecule has 2 heterocycles. The van der Waals surface area contributed by atoms with Crippen molar-refractivity contribution in [3.8, 4) is 0 Å². The molecule has 0 aliphatic carbocycles. The lowest BCUT2D eigenvalue weighted by Crippen LogP contribution is -2.44. The molecule has 19 heavy (non-hydrogen) atoms. The number of thiophene rings is 1. The zero-order valence-electron chi connectivity index (χ0n) is 11.8. The maximum Gasteiger partial charge on any atom is 0.0578 e. The van der Waals surface area contributed by atoms with Gasteiger partial charge in [-0.15, -0.1) is 11.3 Å². The number of halogens is 1. The fourth-order valence-electron chi connectivity index (χ4n) is 2.97. The average molecular weight is 346 g/mol. The third-order valence-electron chi connectivity index (χ3n) is 3.99. The molecule has 1 aromatic heterocycles. The van der Waals surface area contributed by atoms with Crippen LogP contribution in [0.3, 0.4) is 0 Å². The fraction of sp³-hybridized carbons (Fsp3) is 0.714. The van der Waals surface area contributed by atoms with Gasteiger partial charge in [-0.3, -0.25) is 4.90 Å². The van der Waals surface area contributed by atoms with Gasteiger partial charge in [0.15, 0.2) is 0 Å². The Labute approximate surface area is 128 Å². The summed E-state index contributed by atoms with van der Waals surface area (Å²) in [7, 11) is 2.23. The Bertz CT molecular complexity index is 396. The van der Waals surface area contributed by atoms with E-state index in [9.17, 15) is 0 Å². The van der Waals surface area contributed by atoms with Crippen LogP contribution in [0.25, 0.3) is 0 Å². The van der Waals surface area contributed by atoms with Crippen LogP contribution in [0.5, 0.6) is 0 Å². The molecule has 0 radical (unpaired) electrons. The molecule has 2 atom stereocenters. The SMILES string of the molecule is CCC1CN(C)CCCN1C(CN)c1sccc1Br. The number of rotatable bonds is 4. The van der Waals surface area contributed by atoms with E-state index in [2.05, 4.69) is 51.1 Å². The topological polar surface area (TPSA) is 32.5 Å². The van der Waals surface area contributed by atoms with E-state index in [0.29, 0.717) is 18.6 Å². The molecule has 2 rings (SSSR count). The minimum atomic E-state index is 0.353. The second kappa shape index (κ2) is 7.18. The van der Waals surface area contributed by atoms with Crippen LogP contribution in [-0.2, 0) is 0 Å². The summed E-state index contributed by atoms with van der Waals surface area (Å²) in [5.74, 6) is 0. The predicted molar refractivity (Wildman–Crippen MR) is 86.7 cm³/mol. The lowest BCUT2D eigenvalue weighted by molar-refractivity contribution is 0.132. The van der Waals surface area contributed by atoms with Crippen molar-refractivity contribution in [2.75, 3.05) is 33.2 Å². The molecule has 1 aromatic rings. The Morgan fingerprint density at radius 2 is 2.32 bits per heavy atom. The summed E-state index contributed by atoms with van der Waals surface area (Å²) in [6, 6.07) is 3.09. The minimum Gasteiger partial charge on any atom is -0.329 e. The standard InChI is InChI=1S/C14H24BrN3S/c1-3-11-10-17(2)6-4-7-18(11)13(9-16)14-12(15)5-8-19-14/h5,8,11,13H,3-4,6-7,9-10,16H2,1-2H3. The van der Waals surface area contributed by atoms with E-state index in [4.69, 9.17) is 5.73 Å². The van der Waals surface area contributed by atoms with E-state index in [1.165, 1.54) is 28.7 Å². The van der Waals surface area contributed by atoms with Crippen LogP contribution in [0.2, 0.25) is 0 Å². The number of nitrogens with two attached hydrogens (primary N) is 1. The van der Waals surface area contributed by atoms with Crippen molar-refractivity contribution in [2.45, 2.75) is 31.8 Å². The maximum atomic E-state index is 6.10. The van der Waals surface area contributed by atoms with Crippen LogP contribution in [-0.4, -0.2) is 49.1 Å². The summed E-state index contributed by atoms with van der Waals surface area (Å²) in [5, 5.41) is 2.15. The molecule has 0 bridgehead atoms. The summed E-state index contributed by atoms with van der Waals surface area (Å²) in [4.78, 5) is 6.45. The first-order chi connectivity index (χ1) is 9.17. The zero-order chi connectivity index (χ0) is 13.8. The van der Waals surface area contributed by atoms with Crippen molar-refractivity contribution in [3.63, 3.8) is 0 Å². The summed E-state index contributed by atoms with van der Waals surface area (Å²) >= 11 is 5.48. The number of likely N-dealkylation sites (N-methyl/N-ethyl adjacent to an activating group) is 1. The van der Waals surface area contributed by atoms with Crippen molar-refractivity contribution in [1.82, 2.24) is 9.80 Å². The first-order valence-electron chi connectivity index (χ1n) is 7.04. The molecule has 0 saturated carbocycles. The summed E-state index contributed by atoms with van der Waals surface area (Å²) in [6.07, 6.45) is 2.41. The molecular formula is C14H24BrN3S. The molecule has 108 valence electrons. The Hall–Kier alpha value is 0.0600. The second-order valence-corrected chi connectivity index (χ2v) is 7.10. The van der Waals surface area contributed by atoms with E-state index in [-0.39, 0.29) is 0 Å². The molecule has 0 aromatic carbocycles. The van der Waals surface area contributed by atoms with E-state index in [0.717, 1.165) is 13.1 Å². The van der Waals surface area contributed by atoms with Crippen LogP contribution < -0.4 is 5.73 Å². The average Bonchev–Trinajstić information content (AvgIpc) is 2.72. The third kappa shape index (κ3) is 3.58. The highest BCUT2D eigenvalue weighted by molar-refractivity contribution is 9.10. The monoisotopic (exact) mass is 345 g/mol. The second-order valence-electron chi connectivity index (χ2n) is 5.30. The van der Waals surface area contributed by atoms with Crippen molar-refractivity contribution < 1.29 is 0 Å². The lowest BCUT2D eigenvalue weighted by atomic mass is 10.1. The van der Waals surface area contributed by atoms with Gasteiger partial charge in [0.1, 0.15) is 0 Å². The van der Waals surface area contributed by atoms with Crippen molar-refractivity contribution >= 4 is 27.3 Å². The quantitative estimate of drug-likeness (QED) is 0.910. The largest absolute Gasteiger partial charge is 0.329 e. The molecular weight excluding hydrogens is 322 g/mol. The highest BCUT2D eigenvalue weighted by Gasteiger charge is 2.30. The zero-order valence-corrected chi connectivity index (χ0v) is 14.2. The van der Waals surface area contributed by atoms with Gasteiger partial charge in [0.2, 0.25) is 0 Å². The molecule has 1 aliphatic rings. The van der Waals surface area contributed by atoms with Gasteiger partial charge in [0.05, 0.1) is 6.04 Å². The molecule has 1 aliphatic heterocycles. The third-order valence-corrected chi connectivity index (χ3v) is 5.96. The molecule has 2 unspecified atom stereocenters. The Morgan fingerprint density at radius 1 is 1.53 bits per heavy atom. The van der Waals surface area contributed by atoms with E-state index in [1.807, 2.05) is 11.3 Å². The predicted octanol–water partition coefficient (Wildman–Crippen LogP) is 2.93. The highest BCUT2D eigenvalue weighted by Crippen LogP contribution is 2.34. The summed E-state index contributed by atoms with van der Waals surface area (Å²) in [5.41, 5.74) is 6.10. The van der Waals surface area contributed by atoms with Crippen molar-refractivity contribution in [2.24, 2.45) is 5.73 Å². The van der Waals surface area contributed by atoms with Crippen LogP contribution >= 0.6 is 27.3 Å². The van der Waals surface area contributed by atoms with Crippen LogP contribution in [0, 0.1) is 0 Å².